The van der Waals surface area contributed by atoms with Crippen molar-refractivity contribution in [1.29, 1.82) is 0 Å². The first-order valence-corrected chi connectivity index (χ1v) is 8.92. The van der Waals surface area contributed by atoms with Crippen LogP contribution in [-0.4, -0.2) is 37.1 Å². The highest BCUT2D eigenvalue weighted by molar-refractivity contribution is 5.77. The lowest BCUT2D eigenvalue weighted by atomic mass is 10.1. The van der Waals surface area contributed by atoms with E-state index in [0.29, 0.717) is 25.9 Å². The van der Waals surface area contributed by atoms with Crippen molar-refractivity contribution in [2.24, 2.45) is 0 Å². The van der Waals surface area contributed by atoms with Crippen molar-refractivity contribution < 1.29 is 4.79 Å². The minimum atomic E-state index is -0.0788. The van der Waals surface area contributed by atoms with Gasteiger partial charge < -0.3 is 4.90 Å². The number of benzene rings is 1. The van der Waals surface area contributed by atoms with Crippen LogP contribution in [0.2, 0.25) is 0 Å². The van der Waals surface area contributed by atoms with Crippen LogP contribution in [-0.2, 0) is 17.8 Å². The minimum absolute atomic E-state index is 0.0788. The lowest BCUT2D eigenvalue weighted by Gasteiger charge is -2.33. The van der Waals surface area contributed by atoms with E-state index >= 15 is 0 Å². The number of aromatic nitrogens is 4. The van der Waals surface area contributed by atoms with Crippen LogP contribution in [0.1, 0.15) is 30.9 Å². The fraction of sp³-hybridized carbons (Fsp3) is 0.300. The summed E-state index contributed by atoms with van der Waals surface area (Å²) in [5, 5.41) is 4.62. The van der Waals surface area contributed by atoms with Crippen LogP contribution in [0, 0.1) is 0 Å². The maximum absolute atomic E-state index is 12.7. The Labute approximate surface area is 152 Å². The summed E-state index contributed by atoms with van der Waals surface area (Å²) in [5.74, 6) is 1.70. The van der Waals surface area contributed by atoms with Crippen LogP contribution in [0.4, 0.5) is 0 Å². The predicted octanol–water partition coefficient (Wildman–Crippen LogP) is 2.88. The fourth-order valence-corrected chi connectivity index (χ4v) is 3.34. The van der Waals surface area contributed by atoms with Gasteiger partial charge in [-0.05, 0) is 25.5 Å². The molecule has 1 aromatic carbocycles. The van der Waals surface area contributed by atoms with E-state index in [0.717, 1.165) is 22.9 Å². The predicted molar refractivity (Wildman–Crippen MR) is 98.1 cm³/mol. The lowest BCUT2D eigenvalue weighted by molar-refractivity contribution is -0.134. The van der Waals surface area contributed by atoms with E-state index in [2.05, 4.69) is 10.1 Å². The molecule has 6 heteroatoms. The summed E-state index contributed by atoms with van der Waals surface area (Å²) >= 11 is 0. The Morgan fingerprint density at radius 3 is 2.69 bits per heavy atom. The number of carbonyl (C=O) groups excluding carboxylic acids is 1. The van der Waals surface area contributed by atoms with Gasteiger partial charge in [-0.3, -0.25) is 9.78 Å². The van der Waals surface area contributed by atoms with Crippen molar-refractivity contribution in [3.8, 4) is 11.4 Å². The Hall–Kier alpha value is -3.02. The maximum Gasteiger partial charge on any atom is 0.223 e. The first-order chi connectivity index (χ1) is 12.7. The van der Waals surface area contributed by atoms with E-state index in [1.807, 2.05) is 65.0 Å². The highest BCUT2D eigenvalue weighted by atomic mass is 16.2. The molecule has 2 aromatic heterocycles. The van der Waals surface area contributed by atoms with Crippen molar-refractivity contribution >= 4 is 5.91 Å². The van der Waals surface area contributed by atoms with E-state index in [9.17, 15) is 4.79 Å². The molecule has 0 spiro atoms. The second-order valence-corrected chi connectivity index (χ2v) is 6.47. The average molecular weight is 347 g/mol. The first-order valence-electron chi connectivity index (χ1n) is 8.92. The van der Waals surface area contributed by atoms with Gasteiger partial charge in [0.15, 0.2) is 5.82 Å². The Bertz CT molecular complexity index is 891. The van der Waals surface area contributed by atoms with Crippen LogP contribution >= 0.6 is 0 Å². The summed E-state index contributed by atoms with van der Waals surface area (Å²) in [4.78, 5) is 23.6. The van der Waals surface area contributed by atoms with Crippen LogP contribution in [0.3, 0.4) is 0 Å². The molecule has 6 nitrogen and oxygen atoms in total. The molecule has 1 atom stereocenters. The van der Waals surface area contributed by atoms with Crippen molar-refractivity contribution in [3.63, 3.8) is 0 Å². The number of aryl methyl sites for hydroxylation is 1. The summed E-state index contributed by atoms with van der Waals surface area (Å²) in [6.45, 7) is 3.36. The van der Waals surface area contributed by atoms with Crippen LogP contribution < -0.4 is 0 Å². The van der Waals surface area contributed by atoms with Crippen molar-refractivity contribution in [2.75, 3.05) is 6.54 Å². The molecule has 0 radical (unpaired) electrons. The number of fused-ring (bicyclic) bond motifs is 1. The molecule has 1 amide bonds. The van der Waals surface area contributed by atoms with Gasteiger partial charge in [-0.25, -0.2) is 9.67 Å². The molecule has 0 fully saturated rings. The standard InChI is InChI=1S/C20H21N5O/c1-15-20-22-19(16-7-3-2-4-8-16)23-25(20)14-13-24(15)18(26)11-10-17-9-5-6-12-21-17/h2-9,12,15H,10-11,13-14H2,1H3/t15-/m0/s1. The van der Waals surface area contributed by atoms with Gasteiger partial charge in [0.1, 0.15) is 5.82 Å². The summed E-state index contributed by atoms with van der Waals surface area (Å²) in [6, 6.07) is 15.6. The van der Waals surface area contributed by atoms with Gasteiger partial charge in [0.25, 0.3) is 0 Å². The SMILES string of the molecule is C[C@H]1c2nc(-c3ccccc3)nn2CCN1C(=O)CCc1ccccn1. The number of hydrogen-bond acceptors (Lipinski definition) is 4. The van der Waals surface area contributed by atoms with E-state index in [-0.39, 0.29) is 11.9 Å². The van der Waals surface area contributed by atoms with E-state index < -0.39 is 0 Å². The zero-order valence-corrected chi connectivity index (χ0v) is 14.7. The maximum atomic E-state index is 12.7. The van der Waals surface area contributed by atoms with Crippen molar-refractivity contribution in [1.82, 2.24) is 24.6 Å². The molecule has 1 aliphatic rings. The molecule has 3 heterocycles. The Kier molecular flexibility index (Phi) is 4.48. The van der Waals surface area contributed by atoms with Gasteiger partial charge in [0.2, 0.25) is 5.91 Å². The van der Waals surface area contributed by atoms with E-state index in [1.165, 1.54) is 0 Å². The average Bonchev–Trinajstić information content (AvgIpc) is 3.13. The number of pyridine rings is 1. The molecule has 26 heavy (non-hydrogen) atoms. The highest BCUT2D eigenvalue weighted by Gasteiger charge is 2.30. The topological polar surface area (TPSA) is 63.9 Å². The Morgan fingerprint density at radius 1 is 1.12 bits per heavy atom. The number of amides is 1. The van der Waals surface area contributed by atoms with Gasteiger partial charge in [-0.2, -0.15) is 5.10 Å². The summed E-state index contributed by atoms with van der Waals surface area (Å²) in [6.07, 6.45) is 2.88. The molecule has 4 rings (SSSR count). The summed E-state index contributed by atoms with van der Waals surface area (Å²) < 4.78 is 1.93. The first kappa shape index (κ1) is 16.4. The third-order valence-electron chi connectivity index (χ3n) is 4.77. The monoisotopic (exact) mass is 347 g/mol. The van der Waals surface area contributed by atoms with Gasteiger partial charge in [0.05, 0.1) is 12.6 Å². The van der Waals surface area contributed by atoms with E-state index in [4.69, 9.17) is 4.98 Å². The molecule has 0 N–H and O–H groups in total. The van der Waals surface area contributed by atoms with E-state index in [1.54, 1.807) is 6.20 Å². The number of nitrogens with zero attached hydrogens (tertiary/aromatic N) is 5. The number of hydrogen-bond donors (Lipinski definition) is 0. The molecule has 0 unspecified atom stereocenters. The fourth-order valence-electron chi connectivity index (χ4n) is 3.34. The second-order valence-electron chi connectivity index (χ2n) is 6.47. The third-order valence-corrected chi connectivity index (χ3v) is 4.77. The number of carbonyl (C=O) groups is 1. The molecule has 132 valence electrons. The molecular formula is C20H21N5O. The molecule has 0 bridgehead atoms. The lowest BCUT2D eigenvalue weighted by Crippen LogP contribution is -2.41. The van der Waals surface area contributed by atoms with Crippen LogP contribution in [0.15, 0.2) is 54.7 Å². The van der Waals surface area contributed by atoms with Crippen molar-refractivity contribution in [3.05, 3.63) is 66.2 Å². The van der Waals surface area contributed by atoms with Gasteiger partial charge in [-0.1, -0.05) is 36.4 Å². The molecular weight excluding hydrogens is 326 g/mol. The third kappa shape index (κ3) is 3.22. The smallest absolute Gasteiger partial charge is 0.223 e. The van der Waals surface area contributed by atoms with Crippen LogP contribution in [0.5, 0.6) is 0 Å². The van der Waals surface area contributed by atoms with Gasteiger partial charge in [-0.15, -0.1) is 0 Å². The minimum Gasteiger partial charge on any atom is -0.331 e. The highest BCUT2D eigenvalue weighted by Crippen LogP contribution is 2.26. The Morgan fingerprint density at radius 2 is 1.92 bits per heavy atom. The summed E-state index contributed by atoms with van der Waals surface area (Å²) in [5.41, 5.74) is 1.94. The summed E-state index contributed by atoms with van der Waals surface area (Å²) in [7, 11) is 0. The number of rotatable bonds is 4. The largest absolute Gasteiger partial charge is 0.331 e. The molecule has 3 aromatic rings. The van der Waals surface area contributed by atoms with Gasteiger partial charge in [0, 0.05) is 30.4 Å². The second kappa shape index (κ2) is 7.07. The quantitative estimate of drug-likeness (QED) is 0.728. The van der Waals surface area contributed by atoms with Crippen LogP contribution in [0.25, 0.3) is 11.4 Å². The van der Waals surface area contributed by atoms with Gasteiger partial charge >= 0.3 is 0 Å². The zero-order chi connectivity index (χ0) is 17.9. The molecule has 1 aliphatic heterocycles. The zero-order valence-electron chi connectivity index (χ0n) is 14.7. The normalized spacial score (nSPS) is 16.3. The molecule has 0 saturated heterocycles. The van der Waals surface area contributed by atoms with Crippen molar-refractivity contribution in [2.45, 2.75) is 32.4 Å². The molecule has 0 saturated carbocycles. The molecule has 0 aliphatic carbocycles. The Balaban J connectivity index is 1.48.